The Kier molecular flexibility index (Phi) is 3.56. The fourth-order valence-electron chi connectivity index (χ4n) is 1.30. The molecule has 1 aromatic heterocycles. The normalized spacial score (nSPS) is 10.6. The molecule has 0 bridgehead atoms. The van der Waals surface area contributed by atoms with Crippen molar-refractivity contribution in [3.05, 3.63) is 40.2 Å². The highest BCUT2D eigenvalue weighted by Crippen LogP contribution is 2.25. The van der Waals surface area contributed by atoms with Crippen LogP contribution in [0.1, 0.15) is 11.3 Å². The quantitative estimate of drug-likeness (QED) is 0.694. The second-order valence-electron chi connectivity index (χ2n) is 3.44. The maximum Gasteiger partial charge on any atom is 0.256 e. The molecule has 2 rings (SSSR count). The van der Waals surface area contributed by atoms with E-state index in [1.165, 1.54) is 0 Å². The molecular weight excluding hydrogens is 288 g/mol. The molecule has 0 aliphatic heterocycles. The van der Waals surface area contributed by atoms with Gasteiger partial charge >= 0.3 is 0 Å². The van der Waals surface area contributed by atoms with Gasteiger partial charge in [0.25, 0.3) is 5.22 Å². The van der Waals surface area contributed by atoms with Crippen LogP contribution < -0.4 is 5.73 Å². The number of hydrogen-bond donors (Lipinski definition) is 1. The van der Waals surface area contributed by atoms with Crippen molar-refractivity contribution in [3.8, 4) is 0 Å². The molecule has 0 radical (unpaired) electrons. The van der Waals surface area contributed by atoms with E-state index in [9.17, 15) is 0 Å². The van der Waals surface area contributed by atoms with Gasteiger partial charge < -0.3 is 10.2 Å². The number of rotatable bonds is 3. The zero-order valence-electron chi connectivity index (χ0n) is 8.74. The number of aryl methyl sites for hydroxylation is 1. The van der Waals surface area contributed by atoms with E-state index in [2.05, 4.69) is 20.9 Å². The molecular formula is C11H11BrN2OS. The Balaban J connectivity index is 2.04. The molecule has 0 saturated heterocycles. The molecule has 5 heteroatoms. The largest absolute Gasteiger partial charge is 0.440 e. The molecule has 0 aliphatic carbocycles. The van der Waals surface area contributed by atoms with Gasteiger partial charge in [-0.1, -0.05) is 27.7 Å². The lowest BCUT2D eigenvalue weighted by Crippen LogP contribution is -1.88. The van der Waals surface area contributed by atoms with E-state index >= 15 is 0 Å². The van der Waals surface area contributed by atoms with Gasteiger partial charge in [0.05, 0.1) is 5.69 Å². The molecule has 3 nitrogen and oxygen atoms in total. The van der Waals surface area contributed by atoms with Crippen LogP contribution in [0.5, 0.6) is 0 Å². The van der Waals surface area contributed by atoms with E-state index in [-0.39, 0.29) is 0 Å². The van der Waals surface area contributed by atoms with Crippen LogP contribution in [0, 0.1) is 6.92 Å². The monoisotopic (exact) mass is 298 g/mol. The summed E-state index contributed by atoms with van der Waals surface area (Å²) in [6.07, 6.45) is 1.65. The molecule has 0 aliphatic rings. The number of anilines is 1. The average Bonchev–Trinajstić information content (AvgIpc) is 2.60. The van der Waals surface area contributed by atoms with Gasteiger partial charge in [0.15, 0.2) is 0 Å². The zero-order chi connectivity index (χ0) is 11.5. The maximum absolute atomic E-state index is 5.75. The minimum absolute atomic E-state index is 0.691. The molecule has 0 amide bonds. The van der Waals surface area contributed by atoms with Gasteiger partial charge in [-0.2, -0.15) is 0 Å². The van der Waals surface area contributed by atoms with E-state index in [0.29, 0.717) is 5.22 Å². The van der Waals surface area contributed by atoms with Crippen molar-refractivity contribution >= 4 is 33.4 Å². The summed E-state index contributed by atoms with van der Waals surface area (Å²) in [5, 5.41) is 0.691. The Morgan fingerprint density at radius 3 is 2.88 bits per heavy atom. The Morgan fingerprint density at radius 1 is 1.44 bits per heavy atom. The number of benzene rings is 1. The summed E-state index contributed by atoms with van der Waals surface area (Å²) in [7, 11) is 0. The Labute approximate surface area is 107 Å². The summed E-state index contributed by atoms with van der Waals surface area (Å²) in [6, 6.07) is 5.87. The summed E-state index contributed by atoms with van der Waals surface area (Å²) in [4.78, 5) is 4.22. The molecule has 1 aromatic carbocycles. The van der Waals surface area contributed by atoms with Crippen LogP contribution in [-0.2, 0) is 5.75 Å². The first-order valence-electron chi connectivity index (χ1n) is 4.73. The van der Waals surface area contributed by atoms with Gasteiger partial charge in [0, 0.05) is 15.9 Å². The van der Waals surface area contributed by atoms with Crippen molar-refractivity contribution in [2.24, 2.45) is 0 Å². The van der Waals surface area contributed by atoms with E-state index in [1.54, 1.807) is 18.0 Å². The van der Waals surface area contributed by atoms with Gasteiger partial charge in [0.2, 0.25) is 0 Å². The molecule has 0 fully saturated rings. The summed E-state index contributed by atoms with van der Waals surface area (Å²) < 4.78 is 6.25. The third kappa shape index (κ3) is 3.02. The van der Waals surface area contributed by atoms with Crippen molar-refractivity contribution < 1.29 is 4.42 Å². The highest BCUT2D eigenvalue weighted by Gasteiger charge is 2.03. The van der Waals surface area contributed by atoms with Gasteiger partial charge in [-0.15, -0.1) is 0 Å². The second kappa shape index (κ2) is 4.93. The molecule has 1 heterocycles. The number of nitrogens with two attached hydrogens (primary N) is 1. The topological polar surface area (TPSA) is 52.0 Å². The lowest BCUT2D eigenvalue weighted by molar-refractivity contribution is 0.454. The van der Waals surface area contributed by atoms with Crippen LogP contribution in [0.15, 0.2) is 38.6 Å². The van der Waals surface area contributed by atoms with E-state index in [1.807, 2.05) is 25.1 Å². The van der Waals surface area contributed by atoms with Crippen molar-refractivity contribution in [1.29, 1.82) is 0 Å². The van der Waals surface area contributed by atoms with E-state index in [0.717, 1.165) is 27.2 Å². The van der Waals surface area contributed by atoms with Crippen LogP contribution in [0.3, 0.4) is 0 Å². The Hall–Kier alpha value is -0.940. The third-order valence-electron chi connectivity index (χ3n) is 1.94. The summed E-state index contributed by atoms with van der Waals surface area (Å²) in [5.41, 5.74) is 8.56. The highest BCUT2D eigenvalue weighted by molar-refractivity contribution is 9.10. The number of thioether (sulfide) groups is 1. The standard InChI is InChI=1S/C11H11BrN2OS/c1-7-5-15-11(14-7)16-6-8-2-9(12)4-10(13)3-8/h2-5H,6,13H2,1H3. The van der Waals surface area contributed by atoms with Crippen LogP contribution in [-0.4, -0.2) is 4.98 Å². The smallest absolute Gasteiger partial charge is 0.256 e. The third-order valence-corrected chi connectivity index (χ3v) is 3.31. The van der Waals surface area contributed by atoms with Crippen LogP contribution in [0.2, 0.25) is 0 Å². The van der Waals surface area contributed by atoms with E-state index < -0.39 is 0 Å². The first-order chi connectivity index (χ1) is 7.63. The molecule has 2 N–H and O–H groups in total. The molecule has 84 valence electrons. The number of oxazole rings is 1. The fraction of sp³-hybridized carbons (Fsp3) is 0.182. The lowest BCUT2D eigenvalue weighted by Gasteiger charge is -2.01. The van der Waals surface area contributed by atoms with Crippen LogP contribution >= 0.6 is 27.7 Å². The summed E-state index contributed by atoms with van der Waals surface area (Å²) in [5.74, 6) is 0.795. The maximum atomic E-state index is 5.75. The number of aromatic nitrogens is 1. The number of halogens is 1. The molecule has 0 saturated carbocycles. The molecule has 0 atom stereocenters. The van der Waals surface area contributed by atoms with Crippen molar-refractivity contribution in [1.82, 2.24) is 4.98 Å². The number of nitrogens with zero attached hydrogens (tertiary/aromatic N) is 1. The van der Waals surface area contributed by atoms with Gasteiger partial charge in [-0.3, -0.25) is 0 Å². The first kappa shape index (κ1) is 11.5. The first-order valence-corrected chi connectivity index (χ1v) is 6.51. The minimum atomic E-state index is 0.691. The summed E-state index contributed by atoms with van der Waals surface area (Å²) >= 11 is 4.97. The Bertz CT molecular complexity index is 478. The van der Waals surface area contributed by atoms with Crippen molar-refractivity contribution in [2.45, 2.75) is 17.9 Å². The van der Waals surface area contributed by atoms with Crippen molar-refractivity contribution in [2.75, 3.05) is 5.73 Å². The molecule has 0 spiro atoms. The molecule has 2 aromatic rings. The summed E-state index contributed by atoms with van der Waals surface area (Å²) in [6.45, 7) is 1.91. The lowest BCUT2D eigenvalue weighted by atomic mass is 10.2. The van der Waals surface area contributed by atoms with Crippen LogP contribution in [0.4, 0.5) is 5.69 Å². The average molecular weight is 299 g/mol. The number of hydrogen-bond acceptors (Lipinski definition) is 4. The SMILES string of the molecule is Cc1coc(SCc2cc(N)cc(Br)c2)n1. The van der Waals surface area contributed by atoms with Crippen molar-refractivity contribution in [3.63, 3.8) is 0 Å². The van der Waals surface area contributed by atoms with Gasteiger partial charge in [-0.05, 0) is 30.7 Å². The van der Waals surface area contributed by atoms with Gasteiger partial charge in [0.1, 0.15) is 6.26 Å². The minimum Gasteiger partial charge on any atom is -0.440 e. The van der Waals surface area contributed by atoms with E-state index in [4.69, 9.17) is 10.2 Å². The highest BCUT2D eigenvalue weighted by atomic mass is 79.9. The molecule has 16 heavy (non-hydrogen) atoms. The van der Waals surface area contributed by atoms with Gasteiger partial charge in [-0.25, -0.2) is 4.98 Å². The predicted octanol–water partition coefficient (Wildman–Crippen LogP) is 3.62. The number of nitrogen functional groups attached to an aromatic ring is 1. The predicted molar refractivity (Wildman–Crippen MR) is 69.4 cm³/mol. The molecule has 0 unspecified atom stereocenters. The zero-order valence-corrected chi connectivity index (χ0v) is 11.1. The second-order valence-corrected chi connectivity index (χ2v) is 5.28. The van der Waals surface area contributed by atoms with Crippen LogP contribution in [0.25, 0.3) is 0 Å². The Morgan fingerprint density at radius 2 is 2.25 bits per heavy atom. The fourth-order valence-corrected chi connectivity index (χ4v) is 2.64.